The number of aromatic amines is 2. The van der Waals surface area contributed by atoms with E-state index in [2.05, 4.69) is 161 Å². The Kier molecular flexibility index (Phi) is 12.6. The van der Waals surface area contributed by atoms with Crippen LogP contribution in [0.4, 0.5) is 0 Å². The van der Waals surface area contributed by atoms with Crippen molar-refractivity contribution in [1.29, 1.82) is 0 Å². The third kappa shape index (κ3) is 7.74. The van der Waals surface area contributed by atoms with E-state index in [4.69, 9.17) is 9.97 Å². The van der Waals surface area contributed by atoms with Crippen molar-refractivity contribution >= 4 is 46.4 Å². The van der Waals surface area contributed by atoms with Gasteiger partial charge in [-0.15, -0.1) is 0 Å². The average Bonchev–Trinajstić information content (AvgIpc) is 3.99. The van der Waals surface area contributed by atoms with Crippen LogP contribution in [0, 0.1) is 0 Å². The fourth-order valence-electron chi connectivity index (χ4n) is 7.09. The van der Waals surface area contributed by atoms with E-state index in [0.29, 0.717) is 0 Å². The van der Waals surface area contributed by atoms with Crippen molar-refractivity contribution in [2.45, 2.75) is 0 Å². The normalized spacial score (nSPS) is 11.2. The van der Waals surface area contributed by atoms with Gasteiger partial charge in [-0.3, -0.25) is 0 Å². The van der Waals surface area contributed by atoms with Crippen molar-refractivity contribution in [3.63, 3.8) is 0 Å². The van der Waals surface area contributed by atoms with Crippen LogP contribution in [0.25, 0.3) is 90.9 Å². The zero-order valence-corrected chi connectivity index (χ0v) is 34.1. The molecule has 282 valence electrons. The number of hydrogen-bond donors (Lipinski definition) is 2. The smallest absolute Gasteiger partial charge is 0.169 e. The summed E-state index contributed by atoms with van der Waals surface area (Å²) in [7, 11) is 8.14. The van der Waals surface area contributed by atoms with E-state index < -0.39 is 0 Å². The van der Waals surface area contributed by atoms with E-state index in [1.165, 1.54) is 0 Å². The van der Waals surface area contributed by atoms with Crippen LogP contribution in [0.2, 0.25) is 0 Å². The van der Waals surface area contributed by atoms with E-state index >= 15 is 0 Å². The second kappa shape index (κ2) is 17.0. The maximum atomic E-state index is 5.38. The predicted octanol–water partition coefficient (Wildman–Crippen LogP) is -5.36. The van der Waals surface area contributed by atoms with Crippen molar-refractivity contribution in [2.24, 2.45) is 28.2 Å². The van der Waals surface area contributed by atoms with Gasteiger partial charge >= 0.3 is 0 Å². The summed E-state index contributed by atoms with van der Waals surface area (Å²) < 4.78 is 8.20. The van der Waals surface area contributed by atoms with Crippen LogP contribution in [0.5, 0.6) is 0 Å². The second-order valence-corrected chi connectivity index (χ2v) is 13.5. The van der Waals surface area contributed by atoms with Gasteiger partial charge in [-0.1, -0.05) is 0 Å². The minimum absolute atomic E-state index is 0. The largest absolute Gasteiger partial charge is 1.00 e. The number of nitrogens with zero attached hydrogens (tertiary/aromatic N) is 6. The minimum atomic E-state index is 0. The number of rotatable bonds is 4. The Bertz CT molecular complexity index is 2610. The quantitative estimate of drug-likeness (QED) is 0.175. The van der Waals surface area contributed by atoms with Gasteiger partial charge in [0.2, 0.25) is 0 Å². The molecule has 0 aromatic carbocycles. The molecular weight excluding hydrogens is 782 g/mol. The van der Waals surface area contributed by atoms with Crippen LogP contribution < -0.4 is 67.9 Å². The lowest BCUT2D eigenvalue weighted by molar-refractivity contribution is -0.671. The molecule has 0 spiro atoms. The number of aromatic nitrogens is 8. The molecule has 9 rings (SSSR count). The van der Waals surface area contributed by atoms with Crippen molar-refractivity contribution in [3.05, 3.63) is 145 Å². The molecule has 7 aromatic heterocycles. The van der Waals surface area contributed by atoms with E-state index in [9.17, 15) is 0 Å². The summed E-state index contributed by atoms with van der Waals surface area (Å²) >= 11 is 0. The molecule has 8 bridgehead atoms. The first-order chi connectivity index (χ1) is 25.4. The van der Waals surface area contributed by atoms with Crippen molar-refractivity contribution in [1.82, 2.24) is 19.9 Å². The summed E-state index contributed by atoms with van der Waals surface area (Å²) in [5.74, 6) is 0. The molecule has 8 nitrogen and oxygen atoms in total. The van der Waals surface area contributed by atoms with Gasteiger partial charge in [0.05, 0.1) is 22.8 Å². The third-order valence-electron chi connectivity index (χ3n) is 9.82. The number of fused-ring (bicyclic) bond motifs is 8. The maximum Gasteiger partial charge on any atom is 0.169 e. The third-order valence-corrected chi connectivity index (χ3v) is 9.82. The average molecular weight is 821 g/mol. The molecule has 0 aliphatic carbocycles. The SMILES string of the molecule is C[n+]1ccc(-c2c3nc(c(-c4cc[n+](C)cc4)c4ccc([nH]4)c(-c4cc[n+](C)cc4)c4ccc([nH]4)c(-c4cc[n+](C)cc4)c4nc2C=C4)C=C3)cc1.[Cl-].[Cl-].[Cl-].[Cl-]. The molecule has 0 saturated carbocycles. The standard InChI is InChI=1S/C44H37N8.4ClH/c1-49-21-13-29(14-22-49)41-33-5-7-35(45-33)42(30-15-23-50(2)24-16-30)37-9-11-39(47-37)44(32-19-27-52(4)28-20-32)40-12-10-38(48-40)43(36-8-6-34(41)46-36)31-17-25-51(3)26-18-31;;;;/h5-28H,1-4H3,(H,45,46,47,48);4*1H/q+3;;;;/p-3. The monoisotopic (exact) mass is 818 g/mol. The molecule has 9 heterocycles. The molecule has 7 aromatic rings. The highest BCUT2D eigenvalue weighted by atomic mass is 35.5. The number of hydrogen-bond acceptors (Lipinski definition) is 2. The topological polar surface area (TPSA) is 72.9 Å². The maximum absolute atomic E-state index is 5.38. The molecular formula is C44H38Cl4N8. The molecule has 0 amide bonds. The number of H-pyrrole nitrogens is 2. The fourth-order valence-corrected chi connectivity index (χ4v) is 7.09. The lowest BCUT2D eigenvalue weighted by atomic mass is 10.0. The lowest BCUT2D eigenvalue weighted by Crippen LogP contribution is -3.00. The summed E-state index contributed by atoms with van der Waals surface area (Å²) in [5.41, 5.74) is 15.9. The van der Waals surface area contributed by atoms with Crippen LogP contribution in [-0.2, 0) is 28.2 Å². The molecule has 2 aliphatic rings. The summed E-state index contributed by atoms with van der Waals surface area (Å²) in [6.07, 6.45) is 25.1. The van der Waals surface area contributed by atoms with Crippen molar-refractivity contribution < 1.29 is 67.9 Å². The van der Waals surface area contributed by atoms with Crippen LogP contribution in [0.1, 0.15) is 22.8 Å². The van der Waals surface area contributed by atoms with Gasteiger partial charge in [0, 0.05) is 92.9 Å². The summed E-state index contributed by atoms with van der Waals surface area (Å²) in [6, 6.07) is 25.9. The van der Waals surface area contributed by atoms with Gasteiger partial charge in [0.1, 0.15) is 28.2 Å². The van der Waals surface area contributed by atoms with Gasteiger partial charge in [-0.05, 0) is 70.8 Å². The minimum Gasteiger partial charge on any atom is -1.00 e. The van der Waals surface area contributed by atoms with Gasteiger partial charge in [-0.2, -0.15) is 0 Å². The van der Waals surface area contributed by atoms with Crippen molar-refractivity contribution in [3.8, 4) is 44.5 Å². The lowest BCUT2D eigenvalue weighted by Gasteiger charge is -2.06. The molecule has 2 N–H and O–H groups in total. The van der Waals surface area contributed by atoms with Crippen molar-refractivity contribution in [2.75, 3.05) is 0 Å². The number of pyridine rings is 4. The molecule has 0 fully saturated rings. The van der Waals surface area contributed by atoms with Gasteiger partial charge in [0.15, 0.2) is 49.6 Å². The molecule has 12 heteroatoms. The zero-order valence-electron chi connectivity index (χ0n) is 31.1. The number of halogens is 4. The predicted molar refractivity (Wildman–Crippen MR) is 205 cm³/mol. The molecule has 0 atom stereocenters. The first kappa shape index (κ1) is 41.5. The van der Waals surface area contributed by atoms with Gasteiger partial charge < -0.3 is 59.6 Å². The van der Waals surface area contributed by atoms with Crippen LogP contribution in [0.3, 0.4) is 0 Å². The van der Waals surface area contributed by atoms with Crippen LogP contribution in [-0.4, -0.2) is 19.9 Å². The molecule has 2 aliphatic heterocycles. The highest BCUT2D eigenvalue weighted by molar-refractivity contribution is 6.00. The Hall–Kier alpha value is -5.64. The fraction of sp³-hybridized carbons (Fsp3) is 0.0909. The molecule has 0 unspecified atom stereocenters. The second-order valence-electron chi connectivity index (χ2n) is 13.5. The van der Waals surface area contributed by atoms with Crippen LogP contribution >= 0.6 is 0 Å². The first-order valence-electron chi connectivity index (χ1n) is 17.4. The molecule has 0 saturated heterocycles. The van der Waals surface area contributed by atoms with Crippen LogP contribution in [0.15, 0.2) is 122 Å². The highest BCUT2D eigenvalue weighted by Crippen LogP contribution is 2.37. The molecule has 0 radical (unpaired) electrons. The van der Waals surface area contributed by atoms with Gasteiger partial charge in [-0.25, -0.2) is 28.2 Å². The summed E-state index contributed by atoms with van der Waals surface area (Å²) in [5, 5.41) is 0. The highest BCUT2D eigenvalue weighted by Gasteiger charge is 2.20. The Morgan fingerprint density at radius 1 is 0.321 bits per heavy atom. The van der Waals surface area contributed by atoms with E-state index in [1.807, 2.05) is 41.9 Å². The molecule has 56 heavy (non-hydrogen) atoms. The summed E-state index contributed by atoms with van der Waals surface area (Å²) in [6.45, 7) is 0. The van der Waals surface area contributed by atoms with E-state index in [-0.39, 0.29) is 49.6 Å². The Balaban J connectivity index is 0.00000150. The number of nitrogens with one attached hydrogen (secondary N) is 2. The van der Waals surface area contributed by atoms with Gasteiger partial charge in [0.25, 0.3) is 0 Å². The Morgan fingerprint density at radius 2 is 0.554 bits per heavy atom. The number of aryl methyl sites for hydroxylation is 4. The Labute approximate surface area is 350 Å². The summed E-state index contributed by atoms with van der Waals surface area (Å²) in [4.78, 5) is 18.4. The first-order valence-corrected chi connectivity index (χ1v) is 17.4. The van der Waals surface area contributed by atoms with E-state index in [0.717, 1.165) is 89.4 Å². The zero-order chi connectivity index (χ0) is 35.3. The Morgan fingerprint density at radius 3 is 0.857 bits per heavy atom. The van der Waals surface area contributed by atoms with E-state index in [1.54, 1.807) is 0 Å².